The molecular weight excluding hydrogens is 525 g/mol. The number of nitrogens with zero attached hydrogens (tertiary/aromatic N) is 1. The molecule has 3 N–H and O–H groups in total. The Labute approximate surface area is 230 Å². The number of carbonyl (C=O) groups excluding carboxylic acids is 2. The number of fused-ring (bicyclic) bond motifs is 3. The summed E-state index contributed by atoms with van der Waals surface area (Å²) in [7, 11) is 1.52. The van der Waals surface area contributed by atoms with E-state index in [0.29, 0.717) is 34.4 Å². The van der Waals surface area contributed by atoms with Crippen LogP contribution in [0, 0.1) is 5.82 Å². The van der Waals surface area contributed by atoms with Gasteiger partial charge in [-0.1, -0.05) is 17.7 Å². The maximum Gasteiger partial charge on any atom is 0.251 e. The third kappa shape index (κ3) is 6.06. The Bertz CT molecular complexity index is 1460. The number of rotatable bonds is 7. The van der Waals surface area contributed by atoms with Gasteiger partial charge in [0.25, 0.3) is 5.56 Å². The van der Waals surface area contributed by atoms with Crippen LogP contribution >= 0.6 is 11.6 Å². The summed E-state index contributed by atoms with van der Waals surface area (Å²) in [6.45, 7) is 5.51. The number of hydrogen-bond donors (Lipinski definition) is 2. The SMILES string of the molecule is CO[C@@H](C)C[C@@H](C(=O)Nc1ccc(C(N)=O)cc1)n1cc2c(cc1=O)-c1c(ccc(Cl)c1F)C[C@@H](C)O[C@H]2C. The van der Waals surface area contributed by atoms with Crippen molar-refractivity contribution in [2.75, 3.05) is 12.4 Å². The quantitative estimate of drug-likeness (QED) is 0.424. The second-order valence-corrected chi connectivity index (χ2v) is 10.2. The number of aromatic nitrogens is 1. The number of halogens is 2. The number of carbonyl (C=O) groups is 2. The van der Waals surface area contributed by atoms with E-state index in [-0.39, 0.29) is 29.2 Å². The van der Waals surface area contributed by atoms with Gasteiger partial charge in [0.05, 0.1) is 23.3 Å². The Kier molecular flexibility index (Phi) is 8.54. The van der Waals surface area contributed by atoms with Gasteiger partial charge in [-0.15, -0.1) is 0 Å². The van der Waals surface area contributed by atoms with E-state index in [9.17, 15) is 14.4 Å². The molecule has 1 aromatic heterocycles. The molecule has 2 amide bonds. The van der Waals surface area contributed by atoms with E-state index >= 15 is 4.39 Å². The first-order chi connectivity index (χ1) is 18.5. The highest BCUT2D eigenvalue weighted by atomic mass is 35.5. The molecule has 4 rings (SSSR count). The summed E-state index contributed by atoms with van der Waals surface area (Å²) in [5, 5.41) is 2.76. The van der Waals surface area contributed by atoms with Crippen molar-refractivity contribution in [3.63, 3.8) is 0 Å². The lowest BCUT2D eigenvalue weighted by Crippen LogP contribution is -2.36. The maximum atomic E-state index is 15.4. The second-order valence-electron chi connectivity index (χ2n) is 9.81. The predicted molar refractivity (Wildman–Crippen MR) is 147 cm³/mol. The molecule has 1 aliphatic rings. The van der Waals surface area contributed by atoms with E-state index in [1.54, 1.807) is 31.3 Å². The molecule has 0 spiro atoms. The Morgan fingerprint density at radius 3 is 2.56 bits per heavy atom. The number of pyridine rings is 1. The highest BCUT2D eigenvalue weighted by Gasteiger charge is 2.30. The molecular formula is C29H31ClFN3O5. The van der Waals surface area contributed by atoms with Crippen molar-refractivity contribution in [2.45, 2.75) is 58.0 Å². The van der Waals surface area contributed by atoms with E-state index in [1.165, 1.54) is 35.9 Å². The van der Waals surface area contributed by atoms with Gasteiger partial charge < -0.3 is 25.1 Å². The van der Waals surface area contributed by atoms with Crippen LogP contribution < -0.4 is 16.6 Å². The highest BCUT2D eigenvalue weighted by Crippen LogP contribution is 2.39. The highest BCUT2D eigenvalue weighted by molar-refractivity contribution is 6.31. The average molecular weight is 556 g/mol. The molecule has 39 heavy (non-hydrogen) atoms. The summed E-state index contributed by atoms with van der Waals surface area (Å²) >= 11 is 6.14. The van der Waals surface area contributed by atoms with Gasteiger partial charge in [0, 0.05) is 48.2 Å². The fourth-order valence-electron chi connectivity index (χ4n) is 4.88. The van der Waals surface area contributed by atoms with Gasteiger partial charge in [0.15, 0.2) is 0 Å². The largest absolute Gasteiger partial charge is 0.382 e. The molecule has 0 unspecified atom stereocenters. The zero-order valence-corrected chi connectivity index (χ0v) is 22.9. The molecule has 10 heteroatoms. The normalized spacial score (nSPS) is 18.2. The van der Waals surface area contributed by atoms with Crippen LogP contribution in [0.5, 0.6) is 0 Å². The van der Waals surface area contributed by atoms with Crippen molar-refractivity contribution in [1.82, 2.24) is 4.57 Å². The van der Waals surface area contributed by atoms with Crippen LogP contribution in [0.25, 0.3) is 11.1 Å². The van der Waals surface area contributed by atoms with Crippen molar-refractivity contribution in [1.29, 1.82) is 0 Å². The van der Waals surface area contributed by atoms with Crippen LogP contribution in [-0.4, -0.2) is 35.7 Å². The predicted octanol–water partition coefficient (Wildman–Crippen LogP) is 5.03. The van der Waals surface area contributed by atoms with Gasteiger partial charge in [0.1, 0.15) is 11.9 Å². The number of amides is 2. The minimum atomic E-state index is -0.965. The number of nitrogens with two attached hydrogens (primary N) is 1. The van der Waals surface area contributed by atoms with E-state index in [1.807, 2.05) is 13.8 Å². The van der Waals surface area contributed by atoms with Crippen LogP contribution in [0.1, 0.15) is 60.8 Å². The number of anilines is 1. The Balaban J connectivity index is 1.82. The number of hydrogen-bond acceptors (Lipinski definition) is 5. The molecule has 0 aliphatic carbocycles. The van der Waals surface area contributed by atoms with Gasteiger partial charge in [-0.2, -0.15) is 0 Å². The number of benzene rings is 2. The monoisotopic (exact) mass is 555 g/mol. The summed E-state index contributed by atoms with van der Waals surface area (Å²) < 4.78 is 28.3. The van der Waals surface area contributed by atoms with Crippen LogP contribution in [0.3, 0.4) is 0 Å². The van der Waals surface area contributed by atoms with E-state index in [2.05, 4.69) is 5.32 Å². The smallest absolute Gasteiger partial charge is 0.251 e. The molecule has 0 radical (unpaired) electrons. The molecule has 1 aliphatic heterocycles. The molecule has 3 aromatic rings. The number of ether oxygens (including phenoxy) is 2. The minimum absolute atomic E-state index is 0.0424. The molecule has 0 saturated carbocycles. The second kappa shape index (κ2) is 11.7. The fraction of sp³-hybridized carbons (Fsp3) is 0.345. The van der Waals surface area contributed by atoms with Crippen molar-refractivity contribution in [3.8, 4) is 11.1 Å². The molecule has 8 nitrogen and oxygen atoms in total. The zero-order chi connectivity index (χ0) is 28.4. The third-order valence-electron chi connectivity index (χ3n) is 6.98. The van der Waals surface area contributed by atoms with Crippen LogP contribution in [0.15, 0.2) is 53.5 Å². The van der Waals surface area contributed by atoms with Gasteiger partial charge in [-0.05, 0) is 68.7 Å². The minimum Gasteiger partial charge on any atom is -0.382 e. The van der Waals surface area contributed by atoms with E-state index in [4.69, 9.17) is 26.8 Å². The molecule has 0 saturated heterocycles. The van der Waals surface area contributed by atoms with Crippen LogP contribution in [-0.2, 0) is 20.7 Å². The lowest BCUT2D eigenvalue weighted by Gasteiger charge is -2.29. The van der Waals surface area contributed by atoms with Gasteiger partial charge in [0.2, 0.25) is 11.8 Å². The number of nitrogens with one attached hydrogen (secondary N) is 1. The first-order valence-electron chi connectivity index (χ1n) is 12.6. The lowest BCUT2D eigenvalue weighted by molar-refractivity contribution is -0.120. The number of primary amides is 1. The van der Waals surface area contributed by atoms with E-state index in [0.717, 1.165) is 0 Å². The number of methoxy groups -OCH3 is 1. The summed E-state index contributed by atoms with van der Waals surface area (Å²) in [5.74, 6) is -1.65. The van der Waals surface area contributed by atoms with Crippen molar-refractivity contribution < 1.29 is 23.5 Å². The molecule has 0 fully saturated rings. The third-order valence-corrected chi connectivity index (χ3v) is 7.27. The molecule has 4 atom stereocenters. The topological polar surface area (TPSA) is 113 Å². The average Bonchev–Trinajstić information content (AvgIpc) is 2.89. The summed E-state index contributed by atoms with van der Waals surface area (Å²) in [5.41, 5.74) is 7.41. The van der Waals surface area contributed by atoms with Crippen LogP contribution in [0.4, 0.5) is 10.1 Å². The molecule has 206 valence electrons. The molecule has 2 aromatic carbocycles. The van der Waals surface area contributed by atoms with Crippen molar-refractivity contribution in [3.05, 3.63) is 86.5 Å². The molecule has 0 bridgehead atoms. The Morgan fingerprint density at radius 1 is 1.23 bits per heavy atom. The van der Waals surface area contributed by atoms with Gasteiger partial charge in [-0.25, -0.2) is 4.39 Å². The van der Waals surface area contributed by atoms with Gasteiger partial charge in [-0.3, -0.25) is 14.4 Å². The standard InChI is InChI=1S/C29H31ClFN3O5/c1-15(38-4)12-24(29(37)33-20-8-5-18(6-9-20)28(32)36)34-14-22-17(3)39-16(2)11-19-7-10-23(30)27(31)26(19)21(22)13-25(34)35/h5-10,13-17,24H,11-12H2,1-4H3,(H2,32,36)(H,33,37)/t15-,16+,17-,24-/m0/s1. The summed E-state index contributed by atoms with van der Waals surface area (Å²) in [6, 6.07) is 9.72. The molecule has 2 heterocycles. The maximum absolute atomic E-state index is 15.4. The first kappa shape index (κ1) is 28.5. The van der Waals surface area contributed by atoms with E-state index < -0.39 is 35.3 Å². The summed E-state index contributed by atoms with van der Waals surface area (Å²) in [4.78, 5) is 38.5. The van der Waals surface area contributed by atoms with Gasteiger partial charge >= 0.3 is 0 Å². The first-order valence-corrected chi connectivity index (χ1v) is 13.0. The lowest BCUT2D eigenvalue weighted by atomic mass is 9.90. The van der Waals surface area contributed by atoms with Crippen molar-refractivity contribution in [2.24, 2.45) is 5.73 Å². The Morgan fingerprint density at radius 2 is 1.92 bits per heavy atom. The summed E-state index contributed by atoms with van der Waals surface area (Å²) in [6.07, 6.45) is 1.09. The fourth-order valence-corrected chi connectivity index (χ4v) is 5.04. The van der Waals surface area contributed by atoms with Crippen LogP contribution in [0.2, 0.25) is 5.02 Å². The van der Waals surface area contributed by atoms with Crippen molar-refractivity contribution >= 4 is 29.1 Å². The Hall–Kier alpha value is -3.53. The zero-order valence-electron chi connectivity index (χ0n) is 22.2.